The van der Waals surface area contributed by atoms with E-state index in [4.69, 9.17) is 4.52 Å². The molecule has 0 aliphatic rings. The second kappa shape index (κ2) is 6.99. The third-order valence-corrected chi connectivity index (χ3v) is 3.36. The zero-order valence-corrected chi connectivity index (χ0v) is 12.9. The Morgan fingerprint density at radius 1 is 1.25 bits per heavy atom. The summed E-state index contributed by atoms with van der Waals surface area (Å²) in [6, 6.07) is 10.7. The molecule has 24 heavy (non-hydrogen) atoms. The summed E-state index contributed by atoms with van der Waals surface area (Å²) >= 11 is 0. The van der Waals surface area contributed by atoms with Crippen LogP contribution in [-0.4, -0.2) is 21.0 Å². The zero-order valence-electron chi connectivity index (χ0n) is 12.9. The molecule has 1 aromatic carbocycles. The minimum absolute atomic E-state index is 0.145. The van der Waals surface area contributed by atoms with E-state index in [2.05, 4.69) is 20.4 Å². The summed E-state index contributed by atoms with van der Waals surface area (Å²) in [5, 5.41) is 6.64. The molecule has 0 saturated heterocycles. The summed E-state index contributed by atoms with van der Waals surface area (Å²) in [6.45, 7) is 1.75. The molecule has 0 saturated carbocycles. The van der Waals surface area contributed by atoms with Crippen LogP contribution in [0.15, 0.2) is 53.2 Å². The summed E-state index contributed by atoms with van der Waals surface area (Å²) in [4.78, 5) is 20.4. The van der Waals surface area contributed by atoms with E-state index >= 15 is 0 Å². The van der Waals surface area contributed by atoms with Gasteiger partial charge >= 0.3 is 0 Å². The Bertz CT molecular complexity index is 818. The Hall–Kier alpha value is -3.09. The van der Waals surface area contributed by atoms with Crippen molar-refractivity contribution < 1.29 is 13.7 Å². The summed E-state index contributed by atoms with van der Waals surface area (Å²) in [5.41, 5.74) is 1.32. The van der Waals surface area contributed by atoms with E-state index < -0.39 is 6.04 Å². The van der Waals surface area contributed by atoms with Gasteiger partial charge in [-0.05, 0) is 36.8 Å². The minimum Gasteiger partial charge on any atom is -0.344 e. The molecule has 1 atom stereocenters. The zero-order chi connectivity index (χ0) is 16.9. The predicted molar refractivity (Wildman–Crippen MR) is 84.2 cm³/mol. The molecule has 3 aromatic rings. The molecule has 122 valence electrons. The molecule has 0 spiro atoms. The van der Waals surface area contributed by atoms with E-state index in [-0.39, 0.29) is 18.1 Å². The van der Waals surface area contributed by atoms with E-state index in [1.807, 2.05) is 6.07 Å². The topological polar surface area (TPSA) is 80.9 Å². The first-order valence-electron chi connectivity index (χ1n) is 7.40. The monoisotopic (exact) mass is 326 g/mol. The van der Waals surface area contributed by atoms with Crippen LogP contribution in [0.4, 0.5) is 4.39 Å². The lowest BCUT2D eigenvalue weighted by Crippen LogP contribution is -2.28. The van der Waals surface area contributed by atoms with Crippen molar-refractivity contribution in [3.63, 3.8) is 0 Å². The number of carbonyl (C=O) groups excluding carboxylic acids is 1. The molecule has 2 aromatic heterocycles. The van der Waals surface area contributed by atoms with E-state index in [1.165, 1.54) is 12.1 Å². The molecule has 2 heterocycles. The van der Waals surface area contributed by atoms with E-state index in [0.29, 0.717) is 17.4 Å². The Morgan fingerprint density at radius 3 is 2.75 bits per heavy atom. The summed E-state index contributed by atoms with van der Waals surface area (Å²) in [5.74, 6) is 0.112. The molecule has 6 nitrogen and oxygen atoms in total. The highest BCUT2D eigenvalue weighted by Gasteiger charge is 2.17. The number of carbonyl (C=O) groups is 1. The Balaban J connectivity index is 1.62. The van der Waals surface area contributed by atoms with Gasteiger partial charge in [0.05, 0.1) is 6.42 Å². The highest BCUT2D eigenvalue weighted by atomic mass is 19.1. The number of nitrogens with one attached hydrogen (secondary N) is 1. The number of nitrogens with zero attached hydrogens (tertiary/aromatic N) is 3. The number of pyridine rings is 1. The normalized spacial score (nSPS) is 11.9. The van der Waals surface area contributed by atoms with Gasteiger partial charge in [-0.15, -0.1) is 0 Å². The maximum atomic E-state index is 12.9. The molecular formula is C17H15FN4O2. The first-order chi connectivity index (χ1) is 11.6. The Morgan fingerprint density at radius 2 is 2.04 bits per heavy atom. The predicted octanol–water partition coefficient (Wildman–Crippen LogP) is 2.69. The first-order valence-corrected chi connectivity index (χ1v) is 7.40. The molecule has 1 N–H and O–H groups in total. The second-order valence-corrected chi connectivity index (χ2v) is 5.26. The molecule has 3 rings (SSSR count). The largest absolute Gasteiger partial charge is 0.344 e. The number of hydrogen-bond acceptors (Lipinski definition) is 5. The Labute approximate surface area is 137 Å². The van der Waals surface area contributed by atoms with Crippen molar-refractivity contribution in [2.45, 2.75) is 19.4 Å². The van der Waals surface area contributed by atoms with Gasteiger partial charge in [0.15, 0.2) is 0 Å². The van der Waals surface area contributed by atoms with Crippen LogP contribution in [0, 0.1) is 5.82 Å². The smallest absolute Gasteiger partial charge is 0.249 e. The highest BCUT2D eigenvalue weighted by molar-refractivity contribution is 5.78. The van der Waals surface area contributed by atoms with Crippen molar-refractivity contribution in [1.82, 2.24) is 20.4 Å². The SMILES string of the molecule is CC(NC(=O)Cc1ccc(F)cc1)c1nc(-c2ccccn2)no1. The Kier molecular flexibility index (Phi) is 4.60. The second-order valence-electron chi connectivity index (χ2n) is 5.26. The lowest BCUT2D eigenvalue weighted by atomic mass is 10.1. The molecule has 7 heteroatoms. The van der Waals surface area contributed by atoms with Crippen LogP contribution in [-0.2, 0) is 11.2 Å². The van der Waals surface area contributed by atoms with Crippen LogP contribution >= 0.6 is 0 Å². The third-order valence-electron chi connectivity index (χ3n) is 3.36. The van der Waals surface area contributed by atoms with Crippen LogP contribution in [0.2, 0.25) is 0 Å². The van der Waals surface area contributed by atoms with Crippen LogP contribution in [0.3, 0.4) is 0 Å². The standard InChI is InChI=1S/C17H15FN4O2/c1-11(20-15(23)10-12-5-7-13(18)8-6-12)17-21-16(22-24-17)14-4-2-3-9-19-14/h2-9,11H,10H2,1H3,(H,20,23). The fourth-order valence-electron chi connectivity index (χ4n) is 2.15. The molecule has 0 radical (unpaired) electrons. The number of rotatable bonds is 5. The van der Waals surface area contributed by atoms with Gasteiger partial charge in [0.1, 0.15) is 17.6 Å². The van der Waals surface area contributed by atoms with Gasteiger partial charge in [-0.2, -0.15) is 4.98 Å². The van der Waals surface area contributed by atoms with Gasteiger partial charge in [-0.25, -0.2) is 4.39 Å². The van der Waals surface area contributed by atoms with Crippen molar-refractivity contribution in [3.05, 3.63) is 65.9 Å². The maximum Gasteiger partial charge on any atom is 0.249 e. The molecule has 1 unspecified atom stereocenters. The average Bonchev–Trinajstić information content (AvgIpc) is 3.08. The van der Waals surface area contributed by atoms with Crippen molar-refractivity contribution in [2.24, 2.45) is 0 Å². The van der Waals surface area contributed by atoms with Crippen molar-refractivity contribution >= 4 is 5.91 Å². The first kappa shape index (κ1) is 15.8. The molecule has 1 amide bonds. The van der Waals surface area contributed by atoms with Gasteiger partial charge in [-0.1, -0.05) is 23.4 Å². The fourth-order valence-corrected chi connectivity index (χ4v) is 2.15. The van der Waals surface area contributed by atoms with Crippen molar-refractivity contribution in [2.75, 3.05) is 0 Å². The van der Waals surface area contributed by atoms with Crippen LogP contribution in [0.25, 0.3) is 11.5 Å². The van der Waals surface area contributed by atoms with E-state index in [0.717, 1.165) is 5.56 Å². The third kappa shape index (κ3) is 3.81. The quantitative estimate of drug-likeness (QED) is 0.779. The summed E-state index contributed by atoms with van der Waals surface area (Å²) in [7, 11) is 0. The van der Waals surface area contributed by atoms with Gasteiger partial charge in [0.25, 0.3) is 0 Å². The number of hydrogen-bond donors (Lipinski definition) is 1. The van der Waals surface area contributed by atoms with Gasteiger partial charge in [0, 0.05) is 6.20 Å². The lowest BCUT2D eigenvalue weighted by Gasteiger charge is -2.09. The average molecular weight is 326 g/mol. The van der Waals surface area contributed by atoms with Crippen molar-refractivity contribution in [1.29, 1.82) is 0 Å². The fraction of sp³-hybridized carbons (Fsp3) is 0.176. The molecule has 0 aliphatic heterocycles. The minimum atomic E-state index is -0.442. The number of aromatic nitrogens is 3. The van der Waals surface area contributed by atoms with E-state index in [9.17, 15) is 9.18 Å². The van der Waals surface area contributed by atoms with Crippen molar-refractivity contribution in [3.8, 4) is 11.5 Å². The molecular weight excluding hydrogens is 311 g/mol. The lowest BCUT2D eigenvalue weighted by molar-refractivity contribution is -0.121. The van der Waals surface area contributed by atoms with Gasteiger partial charge in [-0.3, -0.25) is 9.78 Å². The molecule has 0 bridgehead atoms. The maximum absolute atomic E-state index is 12.9. The number of halogens is 1. The van der Waals surface area contributed by atoms with Crippen LogP contribution in [0.1, 0.15) is 24.4 Å². The number of amides is 1. The highest BCUT2D eigenvalue weighted by Crippen LogP contribution is 2.16. The van der Waals surface area contributed by atoms with Crippen LogP contribution < -0.4 is 5.32 Å². The molecule has 0 fully saturated rings. The van der Waals surface area contributed by atoms with E-state index in [1.54, 1.807) is 37.4 Å². The van der Waals surface area contributed by atoms with Crippen LogP contribution in [0.5, 0.6) is 0 Å². The summed E-state index contributed by atoms with van der Waals surface area (Å²) in [6.07, 6.45) is 1.78. The summed E-state index contributed by atoms with van der Waals surface area (Å²) < 4.78 is 18.0. The molecule has 0 aliphatic carbocycles. The van der Waals surface area contributed by atoms with Gasteiger partial charge < -0.3 is 9.84 Å². The number of benzene rings is 1. The van der Waals surface area contributed by atoms with Gasteiger partial charge in [0.2, 0.25) is 17.6 Å².